The van der Waals surface area contributed by atoms with Crippen LogP contribution in [0, 0.1) is 0 Å². The van der Waals surface area contributed by atoms with Gasteiger partial charge in [0.15, 0.2) is 17.5 Å². The van der Waals surface area contributed by atoms with Gasteiger partial charge < -0.3 is 19.4 Å². The SMILES string of the molecule is COc1ccc(C[NH+](C)[C@H](C(=O)c2c[nH]c3ccccc23)c2ccccc2)cc1OC. The molecule has 0 aliphatic heterocycles. The summed E-state index contributed by atoms with van der Waals surface area (Å²) in [5.74, 6) is 1.48. The van der Waals surface area contributed by atoms with Gasteiger partial charge in [0.2, 0.25) is 5.78 Å². The Hall–Kier alpha value is -3.57. The highest BCUT2D eigenvalue weighted by atomic mass is 16.5. The molecule has 1 aromatic heterocycles. The van der Waals surface area contributed by atoms with Crippen LogP contribution in [0.4, 0.5) is 0 Å². The number of aromatic amines is 1. The first-order valence-corrected chi connectivity index (χ1v) is 10.3. The zero-order chi connectivity index (χ0) is 21.8. The van der Waals surface area contributed by atoms with Gasteiger partial charge in [-0.25, -0.2) is 0 Å². The van der Waals surface area contributed by atoms with E-state index in [1.165, 1.54) is 0 Å². The van der Waals surface area contributed by atoms with Gasteiger partial charge in [0.1, 0.15) is 6.54 Å². The van der Waals surface area contributed by atoms with E-state index in [-0.39, 0.29) is 11.8 Å². The van der Waals surface area contributed by atoms with Crippen LogP contribution in [0.25, 0.3) is 10.9 Å². The van der Waals surface area contributed by atoms with Gasteiger partial charge in [-0.1, -0.05) is 48.5 Å². The standard InChI is InChI=1S/C26H26N2O3/c1-28(17-18-13-14-23(30-2)24(15-18)31-3)25(19-9-5-4-6-10-19)26(29)21-16-27-22-12-8-7-11-20(21)22/h4-16,25,27H,17H2,1-3H3/p+1/t25-/m0/s1. The van der Waals surface area contributed by atoms with Gasteiger partial charge in [-0.05, 0) is 24.3 Å². The van der Waals surface area contributed by atoms with E-state index in [9.17, 15) is 4.79 Å². The highest BCUT2D eigenvalue weighted by molar-refractivity contribution is 6.10. The van der Waals surface area contributed by atoms with Gasteiger partial charge in [0.05, 0.1) is 21.3 Å². The minimum Gasteiger partial charge on any atom is -0.493 e. The van der Waals surface area contributed by atoms with E-state index >= 15 is 0 Å². The molecule has 2 atom stereocenters. The second kappa shape index (κ2) is 9.06. The number of carbonyl (C=O) groups is 1. The predicted octanol–water partition coefficient (Wildman–Crippen LogP) is 3.82. The number of ketones is 1. The van der Waals surface area contributed by atoms with E-state index in [2.05, 4.69) is 12.0 Å². The molecule has 0 radical (unpaired) electrons. The number of likely N-dealkylation sites (N-methyl/N-ethyl adjacent to an activating group) is 1. The van der Waals surface area contributed by atoms with Crippen molar-refractivity contribution < 1.29 is 19.2 Å². The predicted molar refractivity (Wildman–Crippen MR) is 122 cm³/mol. The number of H-pyrrole nitrogens is 1. The van der Waals surface area contributed by atoms with Crippen LogP contribution in [-0.4, -0.2) is 32.0 Å². The number of carbonyl (C=O) groups excluding carboxylic acids is 1. The fourth-order valence-electron chi connectivity index (χ4n) is 4.15. The van der Waals surface area contributed by atoms with Gasteiger partial charge in [0.25, 0.3) is 0 Å². The molecule has 1 heterocycles. The summed E-state index contributed by atoms with van der Waals surface area (Å²) >= 11 is 0. The van der Waals surface area contributed by atoms with E-state index in [4.69, 9.17) is 9.47 Å². The normalized spacial score (nSPS) is 13.0. The lowest BCUT2D eigenvalue weighted by atomic mass is 9.95. The van der Waals surface area contributed by atoms with Crippen molar-refractivity contribution in [3.05, 3.63) is 95.7 Å². The number of methoxy groups -OCH3 is 2. The van der Waals surface area contributed by atoms with E-state index in [0.29, 0.717) is 18.0 Å². The summed E-state index contributed by atoms with van der Waals surface area (Å²) < 4.78 is 10.8. The number of hydrogen-bond donors (Lipinski definition) is 2. The molecule has 0 fully saturated rings. The molecule has 5 nitrogen and oxygen atoms in total. The maximum atomic E-state index is 13.8. The average molecular weight is 416 g/mol. The number of quaternary nitrogens is 1. The highest BCUT2D eigenvalue weighted by Gasteiger charge is 2.31. The molecule has 0 aliphatic carbocycles. The van der Waals surface area contributed by atoms with Crippen molar-refractivity contribution in [1.82, 2.24) is 4.98 Å². The summed E-state index contributed by atoms with van der Waals surface area (Å²) in [5.41, 5.74) is 3.75. The van der Waals surface area contributed by atoms with Crippen LogP contribution in [0.3, 0.4) is 0 Å². The molecule has 1 unspecified atom stereocenters. The lowest BCUT2D eigenvalue weighted by molar-refractivity contribution is -0.915. The number of rotatable bonds is 8. The molecule has 0 amide bonds. The maximum absolute atomic E-state index is 13.8. The minimum absolute atomic E-state index is 0.0987. The van der Waals surface area contributed by atoms with Gasteiger partial charge in [0, 0.05) is 33.8 Å². The Morgan fingerprint density at radius 2 is 1.65 bits per heavy atom. The number of nitrogens with one attached hydrogen (secondary N) is 2. The fraction of sp³-hybridized carbons (Fsp3) is 0.192. The number of ether oxygens (including phenoxy) is 2. The number of fused-ring (bicyclic) bond motifs is 1. The molecule has 4 rings (SSSR count). The Bertz CT molecular complexity index is 1180. The smallest absolute Gasteiger partial charge is 0.226 e. The van der Waals surface area contributed by atoms with Gasteiger partial charge >= 0.3 is 0 Å². The van der Waals surface area contributed by atoms with Crippen LogP contribution in [0.15, 0.2) is 79.0 Å². The molecule has 0 saturated heterocycles. The number of Topliss-reactive ketones (excluding diaryl/α,β-unsaturated/α-hetero) is 1. The van der Waals surface area contributed by atoms with Crippen LogP contribution in [0.1, 0.15) is 27.5 Å². The van der Waals surface area contributed by atoms with Crippen LogP contribution in [0.2, 0.25) is 0 Å². The summed E-state index contributed by atoms with van der Waals surface area (Å²) in [6.07, 6.45) is 1.83. The summed E-state index contributed by atoms with van der Waals surface area (Å²) in [6, 6.07) is 23.4. The number of aromatic nitrogens is 1. The van der Waals surface area contributed by atoms with Crippen molar-refractivity contribution in [2.24, 2.45) is 0 Å². The van der Waals surface area contributed by atoms with Crippen molar-refractivity contribution >= 4 is 16.7 Å². The Morgan fingerprint density at radius 3 is 2.39 bits per heavy atom. The Morgan fingerprint density at radius 1 is 0.935 bits per heavy atom. The van der Waals surface area contributed by atoms with E-state index in [1.807, 2.05) is 79.0 Å². The molecular weight excluding hydrogens is 388 g/mol. The summed E-state index contributed by atoms with van der Waals surface area (Å²) in [7, 11) is 5.31. The number of para-hydroxylation sites is 1. The average Bonchev–Trinajstić information content (AvgIpc) is 3.24. The Balaban J connectivity index is 1.69. The minimum atomic E-state index is -0.339. The first-order chi connectivity index (χ1) is 15.1. The Labute approximate surface area is 182 Å². The van der Waals surface area contributed by atoms with Crippen LogP contribution in [-0.2, 0) is 6.54 Å². The summed E-state index contributed by atoms with van der Waals surface area (Å²) in [5, 5.41) is 0.951. The Kier molecular flexibility index (Phi) is 6.05. The van der Waals surface area contributed by atoms with Crippen molar-refractivity contribution in [1.29, 1.82) is 0 Å². The molecule has 2 N–H and O–H groups in total. The molecule has 31 heavy (non-hydrogen) atoms. The molecular formula is C26H27N2O3+. The van der Waals surface area contributed by atoms with Gasteiger partial charge in [-0.3, -0.25) is 4.79 Å². The topological polar surface area (TPSA) is 55.8 Å². The zero-order valence-corrected chi connectivity index (χ0v) is 18.0. The molecule has 0 bridgehead atoms. The fourth-order valence-corrected chi connectivity index (χ4v) is 4.15. The highest BCUT2D eigenvalue weighted by Crippen LogP contribution is 2.28. The molecule has 158 valence electrons. The lowest BCUT2D eigenvalue weighted by Crippen LogP contribution is -3.09. The van der Waals surface area contributed by atoms with Crippen molar-refractivity contribution in [3.63, 3.8) is 0 Å². The third-order valence-electron chi connectivity index (χ3n) is 5.67. The number of hydrogen-bond acceptors (Lipinski definition) is 3. The van der Waals surface area contributed by atoms with Gasteiger partial charge in [-0.2, -0.15) is 0 Å². The molecule has 4 aromatic rings. The van der Waals surface area contributed by atoms with Crippen molar-refractivity contribution in [2.45, 2.75) is 12.6 Å². The summed E-state index contributed by atoms with van der Waals surface area (Å²) in [4.78, 5) is 18.1. The maximum Gasteiger partial charge on any atom is 0.226 e. The largest absolute Gasteiger partial charge is 0.493 e. The summed E-state index contributed by atoms with van der Waals surface area (Å²) in [6.45, 7) is 0.661. The number of benzene rings is 3. The van der Waals surface area contributed by atoms with Crippen LogP contribution in [0.5, 0.6) is 11.5 Å². The second-order valence-electron chi connectivity index (χ2n) is 7.67. The quantitative estimate of drug-likeness (QED) is 0.430. The molecule has 0 saturated carbocycles. The van der Waals surface area contributed by atoms with Crippen molar-refractivity contribution in [3.8, 4) is 11.5 Å². The van der Waals surface area contributed by atoms with Crippen LogP contribution < -0.4 is 14.4 Å². The van der Waals surface area contributed by atoms with E-state index in [0.717, 1.165) is 32.5 Å². The molecule has 0 spiro atoms. The monoisotopic (exact) mass is 415 g/mol. The first-order valence-electron chi connectivity index (χ1n) is 10.3. The first kappa shape index (κ1) is 20.7. The van der Waals surface area contributed by atoms with E-state index in [1.54, 1.807) is 14.2 Å². The third kappa shape index (κ3) is 4.18. The lowest BCUT2D eigenvalue weighted by Gasteiger charge is -2.25. The molecule has 5 heteroatoms. The van der Waals surface area contributed by atoms with Gasteiger partial charge in [-0.15, -0.1) is 0 Å². The van der Waals surface area contributed by atoms with Crippen molar-refractivity contribution in [2.75, 3.05) is 21.3 Å². The third-order valence-corrected chi connectivity index (χ3v) is 5.67. The van der Waals surface area contributed by atoms with Crippen LogP contribution >= 0.6 is 0 Å². The van der Waals surface area contributed by atoms with E-state index < -0.39 is 0 Å². The molecule has 0 aliphatic rings. The zero-order valence-electron chi connectivity index (χ0n) is 18.0. The molecule has 3 aromatic carbocycles. The second-order valence-corrected chi connectivity index (χ2v) is 7.67.